The van der Waals surface area contributed by atoms with Gasteiger partial charge in [0.2, 0.25) is 0 Å². The van der Waals surface area contributed by atoms with Gasteiger partial charge in [-0.1, -0.05) is 17.7 Å². The molecule has 6 heteroatoms. The van der Waals surface area contributed by atoms with Crippen LogP contribution in [-0.2, 0) is 5.88 Å². The van der Waals surface area contributed by atoms with E-state index in [1.54, 1.807) is 22.8 Å². The summed E-state index contributed by atoms with van der Waals surface area (Å²) in [6.45, 7) is 0. The van der Waals surface area contributed by atoms with Crippen molar-refractivity contribution in [3.63, 3.8) is 0 Å². The van der Waals surface area contributed by atoms with Crippen LogP contribution in [0.15, 0.2) is 36.4 Å². The highest BCUT2D eigenvalue weighted by atomic mass is 35.5. The van der Waals surface area contributed by atoms with Crippen molar-refractivity contribution in [3.05, 3.63) is 58.6 Å². The van der Waals surface area contributed by atoms with Gasteiger partial charge >= 0.3 is 0 Å². The van der Waals surface area contributed by atoms with Gasteiger partial charge < -0.3 is 0 Å². The first-order valence-corrected chi connectivity index (χ1v) is 6.98. The molecule has 0 radical (unpaired) electrons. The zero-order chi connectivity index (χ0) is 15.0. The fraction of sp³-hybridized carbons (Fsp3) is 0.0667. The topological polar surface area (TPSA) is 41.6 Å². The van der Waals surface area contributed by atoms with Crippen molar-refractivity contribution in [2.24, 2.45) is 0 Å². The second-order valence-corrected chi connectivity index (χ2v) is 5.06. The van der Waals surface area contributed by atoms with Gasteiger partial charge in [0.25, 0.3) is 0 Å². The molecule has 0 spiro atoms. The third kappa shape index (κ3) is 2.25. The lowest BCUT2D eigenvalue weighted by Gasteiger charge is -2.09. The van der Waals surface area contributed by atoms with Crippen molar-refractivity contribution in [2.45, 2.75) is 5.88 Å². The number of nitriles is 1. The van der Waals surface area contributed by atoms with Crippen LogP contribution in [0.3, 0.4) is 0 Å². The maximum absolute atomic E-state index is 13.5. The standard InChI is InChI=1S/C15H8Cl2FN3/c16-7-14-20-13-3-1-2-11(17)15(13)21(14)10-4-5-12(18)9(6-10)8-19/h1-6H,7H2. The molecule has 2 aromatic carbocycles. The number of nitrogens with zero attached hydrogens (tertiary/aromatic N) is 3. The number of rotatable bonds is 2. The summed E-state index contributed by atoms with van der Waals surface area (Å²) in [6, 6.07) is 11.5. The molecule has 21 heavy (non-hydrogen) atoms. The molecule has 0 aliphatic heterocycles. The van der Waals surface area contributed by atoms with E-state index in [0.717, 1.165) is 0 Å². The summed E-state index contributed by atoms with van der Waals surface area (Å²) in [5.41, 5.74) is 1.94. The summed E-state index contributed by atoms with van der Waals surface area (Å²) >= 11 is 12.2. The van der Waals surface area contributed by atoms with Gasteiger partial charge in [0, 0.05) is 5.69 Å². The molecular formula is C15H8Cl2FN3. The van der Waals surface area contributed by atoms with Gasteiger partial charge in [-0.2, -0.15) is 5.26 Å². The Labute approximate surface area is 130 Å². The van der Waals surface area contributed by atoms with Crippen LogP contribution < -0.4 is 0 Å². The Morgan fingerprint density at radius 1 is 1.29 bits per heavy atom. The smallest absolute Gasteiger partial charge is 0.141 e. The summed E-state index contributed by atoms with van der Waals surface area (Å²) in [6.07, 6.45) is 0. The molecule has 3 rings (SSSR count). The summed E-state index contributed by atoms with van der Waals surface area (Å²) in [5.74, 6) is 0.184. The van der Waals surface area contributed by atoms with Crippen molar-refractivity contribution in [2.75, 3.05) is 0 Å². The molecule has 0 saturated carbocycles. The zero-order valence-corrected chi connectivity index (χ0v) is 12.2. The van der Waals surface area contributed by atoms with E-state index in [1.165, 1.54) is 12.1 Å². The summed E-state index contributed by atoms with van der Waals surface area (Å²) in [7, 11) is 0. The number of hydrogen-bond donors (Lipinski definition) is 0. The minimum atomic E-state index is -0.566. The molecule has 0 fully saturated rings. The van der Waals surface area contributed by atoms with Gasteiger partial charge in [-0.05, 0) is 30.3 Å². The average molecular weight is 320 g/mol. The predicted molar refractivity (Wildman–Crippen MR) is 80.3 cm³/mol. The lowest BCUT2D eigenvalue weighted by Crippen LogP contribution is -2.01. The van der Waals surface area contributed by atoms with E-state index in [1.807, 2.05) is 12.1 Å². The van der Waals surface area contributed by atoms with Crippen LogP contribution in [0.4, 0.5) is 4.39 Å². The molecule has 0 bridgehead atoms. The second kappa shape index (κ2) is 5.36. The average Bonchev–Trinajstić information content (AvgIpc) is 2.88. The molecule has 0 atom stereocenters. The van der Waals surface area contributed by atoms with Crippen LogP contribution in [0.2, 0.25) is 5.02 Å². The lowest BCUT2D eigenvalue weighted by molar-refractivity contribution is 0.623. The molecule has 0 N–H and O–H groups in total. The van der Waals surface area contributed by atoms with Crippen molar-refractivity contribution >= 4 is 34.2 Å². The van der Waals surface area contributed by atoms with E-state index in [-0.39, 0.29) is 11.4 Å². The zero-order valence-electron chi connectivity index (χ0n) is 10.6. The molecule has 0 amide bonds. The minimum Gasteiger partial charge on any atom is -0.294 e. The molecule has 3 nitrogen and oxygen atoms in total. The largest absolute Gasteiger partial charge is 0.294 e. The van der Waals surface area contributed by atoms with E-state index in [2.05, 4.69) is 4.98 Å². The number of aromatic nitrogens is 2. The van der Waals surface area contributed by atoms with Gasteiger partial charge in [0.05, 0.1) is 27.5 Å². The van der Waals surface area contributed by atoms with Crippen LogP contribution >= 0.6 is 23.2 Å². The molecule has 0 aliphatic rings. The van der Waals surface area contributed by atoms with Crippen LogP contribution in [0.25, 0.3) is 16.7 Å². The number of hydrogen-bond acceptors (Lipinski definition) is 2. The quantitative estimate of drug-likeness (QED) is 0.656. The highest BCUT2D eigenvalue weighted by Gasteiger charge is 2.15. The number of fused-ring (bicyclic) bond motifs is 1. The molecule has 0 saturated heterocycles. The first-order chi connectivity index (χ1) is 10.2. The van der Waals surface area contributed by atoms with Crippen LogP contribution in [0.5, 0.6) is 0 Å². The van der Waals surface area contributed by atoms with Crippen molar-refractivity contribution < 1.29 is 4.39 Å². The number of alkyl halides is 1. The number of imidazole rings is 1. The maximum Gasteiger partial charge on any atom is 0.141 e. The predicted octanol–water partition coefficient (Wildman–Crippen LogP) is 4.43. The monoisotopic (exact) mass is 319 g/mol. The van der Waals surface area contributed by atoms with Gasteiger partial charge in [-0.25, -0.2) is 9.37 Å². The fourth-order valence-electron chi connectivity index (χ4n) is 2.24. The van der Waals surface area contributed by atoms with E-state index >= 15 is 0 Å². The third-order valence-corrected chi connectivity index (χ3v) is 3.69. The number of benzene rings is 2. The Morgan fingerprint density at radius 3 is 2.81 bits per heavy atom. The molecule has 1 aromatic heterocycles. The van der Waals surface area contributed by atoms with Gasteiger partial charge in [-0.3, -0.25) is 4.57 Å². The summed E-state index contributed by atoms with van der Waals surface area (Å²) < 4.78 is 15.2. The number of halogens is 3. The SMILES string of the molecule is N#Cc1cc(-n2c(CCl)nc3cccc(Cl)c32)ccc1F. The molecule has 0 unspecified atom stereocenters. The summed E-state index contributed by atoms with van der Waals surface area (Å²) in [4.78, 5) is 4.42. The Kier molecular flexibility index (Phi) is 3.54. The van der Waals surface area contributed by atoms with Crippen LogP contribution in [0, 0.1) is 17.1 Å². The molecule has 104 valence electrons. The molecule has 0 aliphatic carbocycles. The van der Waals surface area contributed by atoms with Gasteiger partial charge in [0.15, 0.2) is 0 Å². The van der Waals surface area contributed by atoms with Gasteiger partial charge in [0.1, 0.15) is 17.7 Å². The summed E-state index contributed by atoms with van der Waals surface area (Å²) in [5, 5.41) is 9.48. The first-order valence-electron chi connectivity index (χ1n) is 6.07. The maximum atomic E-state index is 13.5. The second-order valence-electron chi connectivity index (χ2n) is 4.38. The Morgan fingerprint density at radius 2 is 2.10 bits per heavy atom. The Balaban J connectivity index is 2.36. The highest BCUT2D eigenvalue weighted by molar-refractivity contribution is 6.35. The van der Waals surface area contributed by atoms with Gasteiger partial charge in [-0.15, -0.1) is 11.6 Å². The van der Waals surface area contributed by atoms with Crippen LogP contribution in [-0.4, -0.2) is 9.55 Å². The number of para-hydroxylation sites is 1. The van der Waals surface area contributed by atoms with E-state index in [0.29, 0.717) is 27.6 Å². The lowest BCUT2D eigenvalue weighted by atomic mass is 10.2. The van der Waals surface area contributed by atoms with Crippen molar-refractivity contribution in [1.82, 2.24) is 9.55 Å². The normalized spacial score (nSPS) is 10.8. The first kappa shape index (κ1) is 13.9. The third-order valence-electron chi connectivity index (χ3n) is 3.14. The Bertz CT molecular complexity index is 880. The molecule has 3 aromatic rings. The fourth-order valence-corrected chi connectivity index (χ4v) is 2.67. The minimum absolute atomic E-state index is 0.0399. The molecule has 1 heterocycles. The Hall–Kier alpha value is -2.09. The van der Waals surface area contributed by atoms with Crippen LogP contribution in [0.1, 0.15) is 11.4 Å². The molecular weight excluding hydrogens is 312 g/mol. The van der Waals surface area contributed by atoms with E-state index < -0.39 is 5.82 Å². The van der Waals surface area contributed by atoms with Crippen molar-refractivity contribution in [1.29, 1.82) is 5.26 Å². The highest BCUT2D eigenvalue weighted by Crippen LogP contribution is 2.29. The van der Waals surface area contributed by atoms with Crippen molar-refractivity contribution in [3.8, 4) is 11.8 Å². The van der Waals surface area contributed by atoms with E-state index in [4.69, 9.17) is 28.5 Å². The van der Waals surface area contributed by atoms with E-state index in [9.17, 15) is 4.39 Å².